The van der Waals surface area contributed by atoms with E-state index in [1.54, 1.807) is 0 Å². The van der Waals surface area contributed by atoms with Crippen molar-refractivity contribution in [2.75, 3.05) is 0 Å². The van der Waals surface area contributed by atoms with Crippen molar-refractivity contribution < 1.29 is 22.8 Å². The molecule has 3 nitrogen and oxygen atoms in total. The quantitative estimate of drug-likeness (QED) is 0.842. The Kier molecular flexibility index (Phi) is 5.73. The molecule has 110 valence electrons. The minimum Gasteiger partial charge on any atom is -0.292 e. The summed E-state index contributed by atoms with van der Waals surface area (Å²) in [4.78, 5) is 23.1. The van der Waals surface area contributed by atoms with Crippen molar-refractivity contribution in [1.29, 1.82) is 0 Å². The summed E-state index contributed by atoms with van der Waals surface area (Å²) in [6.07, 6.45) is -1.67. The van der Waals surface area contributed by atoms with Gasteiger partial charge in [-0.25, -0.2) is 0 Å². The van der Waals surface area contributed by atoms with Gasteiger partial charge in [-0.3, -0.25) is 14.9 Å². The smallest absolute Gasteiger partial charge is 0.292 e. The first kappa shape index (κ1) is 16.2. The summed E-state index contributed by atoms with van der Waals surface area (Å²) in [5, 5.41) is 2.15. The lowest BCUT2D eigenvalue weighted by Crippen LogP contribution is -2.30. The van der Waals surface area contributed by atoms with Gasteiger partial charge in [0.25, 0.3) is 5.91 Å². The highest BCUT2D eigenvalue weighted by molar-refractivity contribution is 6.04. The summed E-state index contributed by atoms with van der Waals surface area (Å²) < 4.78 is 37.0. The monoisotopic (exact) mass is 287 g/mol. The number of amides is 2. The van der Waals surface area contributed by atoms with Crippen molar-refractivity contribution in [3.05, 3.63) is 35.4 Å². The van der Waals surface area contributed by atoms with Crippen LogP contribution in [0.25, 0.3) is 0 Å². The molecular formula is C14H16F3NO2. The highest BCUT2D eigenvalue weighted by atomic mass is 19.4. The van der Waals surface area contributed by atoms with Crippen LogP contribution in [0.4, 0.5) is 13.2 Å². The first-order chi connectivity index (χ1) is 9.34. The van der Waals surface area contributed by atoms with Gasteiger partial charge in [0.1, 0.15) is 0 Å². The largest absolute Gasteiger partial charge is 0.416 e. The predicted octanol–water partition coefficient (Wildman–Crippen LogP) is 3.54. The SMILES string of the molecule is CCCCCC(=O)NC(=O)c1ccc(C(F)(F)F)cc1. The fourth-order valence-electron chi connectivity index (χ4n) is 1.61. The van der Waals surface area contributed by atoms with Gasteiger partial charge in [0, 0.05) is 12.0 Å². The summed E-state index contributed by atoms with van der Waals surface area (Å²) >= 11 is 0. The minimum absolute atomic E-state index is 0.0295. The first-order valence-corrected chi connectivity index (χ1v) is 6.36. The topological polar surface area (TPSA) is 46.2 Å². The normalized spacial score (nSPS) is 11.2. The minimum atomic E-state index is -4.44. The van der Waals surface area contributed by atoms with Crippen LogP contribution in [0.15, 0.2) is 24.3 Å². The third-order valence-corrected chi connectivity index (χ3v) is 2.73. The number of hydrogen-bond donors (Lipinski definition) is 1. The maximum atomic E-state index is 12.3. The lowest BCUT2D eigenvalue weighted by molar-refractivity contribution is -0.137. The van der Waals surface area contributed by atoms with Crippen molar-refractivity contribution in [3.63, 3.8) is 0 Å². The van der Waals surface area contributed by atoms with Crippen LogP contribution in [0.2, 0.25) is 0 Å². The zero-order valence-electron chi connectivity index (χ0n) is 11.1. The number of halogens is 3. The summed E-state index contributed by atoms with van der Waals surface area (Å²) in [7, 11) is 0. The Hall–Kier alpha value is -1.85. The molecule has 0 aliphatic rings. The molecule has 2 amide bonds. The van der Waals surface area contributed by atoms with Gasteiger partial charge in [-0.15, -0.1) is 0 Å². The zero-order valence-corrected chi connectivity index (χ0v) is 11.1. The van der Waals surface area contributed by atoms with Crippen LogP contribution in [-0.2, 0) is 11.0 Å². The predicted molar refractivity (Wildman–Crippen MR) is 68.1 cm³/mol. The van der Waals surface area contributed by atoms with Crippen molar-refractivity contribution in [2.45, 2.75) is 38.8 Å². The zero-order chi connectivity index (χ0) is 15.2. The van der Waals surface area contributed by atoms with E-state index in [4.69, 9.17) is 0 Å². The van der Waals surface area contributed by atoms with E-state index < -0.39 is 23.6 Å². The van der Waals surface area contributed by atoms with Crippen LogP contribution >= 0.6 is 0 Å². The van der Waals surface area contributed by atoms with Gasteiger partial charge in [0.2, 0.25) is 5.91 Å². The van der Waals surface area contributed by atoms with E-state index in [2.05, 4.69) is 5.32 Å². The Labute approximate surface area is 115 Å². The second-order valence-corrected chi connectivity index (χ2v) is 4.41. The maximum Gasteiger partial charge on any atom is 0.416 e. The van der Waals surface area contributed by atoms with Crippen LogP contribution < -0.4 is 5.32 Å². The fraction of sp³-hybridized carbons (Fsp3) is 0.429. The number of benzene rings is 1. The molecule has 1 rings (SSSR count). The number of nitrogens with one attached hydrogen (secondary N) is 1. The second kappa shape index (κ2) is 7.07. The molecule has 0 fully saturated rings. The summed E-state index contributed by atoms with van der Waals surface area (Å²) in [6, 6.07) is 3.74. The average Bonchev–Trinajstić information content (AvgIpc) is 2.38. The number of hydrogen-bond acceptors (Lipinski definition) is 2. The van der Waals surface area contributed by atoms with Crippen LogP contribution in [0.1, 0.15) is 48.5 Å². The first-order valence-electron chi connectivity index (χ1n) is 6.36. The summed E-state index contributed by atoms with van der Waals surface area (Å²) in [5.41, 5.74) is -0.801. The Morgan fingerprint density at radius 1 is 1.10 bits per heavy atom. The van der Waals surface area contributed by atoms with Gasteiger partial charge < -0.3 is 0 Å². The van der Waals surface area contributed by atoms with E-state index in [1.165, 1.54) is 0 Å². The van der Waals surface area contributed by atoms with Crippen molar-refractivity contribution >= 4 is 11.8 Å². The molecule has 0 atom stereocenters. The van der Waals surface area contributed by atoms with E-state index in [1.807, 2.05) is 6.92 Å². The third kappa shape index (κ3) is 5.03. The molecule has 20 heavy (non-hydrogen) atoms. The van der Waals surface area contributed by atoms with E-state index in [0.29, 0.717) is 6.42 Å². The fourth-order valence-corrected chi connectivity index (χ4v) is 1.61. The Balaban J connectivity index is 2.58. The van der Waals surface area contributed by atoms with Crippen molar-refractivity contribution in [2.24, 2.45) is 0 Å². The van der Waals surface area contributed by atoms with E-state index >= 15 is 0 Å². The lowest BCUT2D eigenvalue weighted by atomic mass is 10.1. The average molecular weight is 287 g/mol. The molecule has 0 aromatic heterocycles. The molecule has 0 saturated heterocycles. The highest BCUT2D eigenvalue weighted by Crippen LogP contribution is 2.29. The molecule has 1 N–H and O–H groups in total. The molecule has 1 aromatic rings. The molecule has 0 saturated carbocycles. The summed E-state index contributed by atoms with van der Waals surface area (Å²) in [5.74, 6) is -1.09. The number of rotatable bonds is 5. The van der Waals surface area contributed by atoms with Crippen LogP contribution in [-0.4, -0.2) is 11.8 Å². The molecule has 0 aliphatic carbocycles. The number of alkyl halides is 3. The molecule has 0 unspecified atom stereocenters. The summed E-state index contributed by atoms with van der Waals surface area (Å²) in [6.45, 7) is 1.99. The Morgan fingerprint density at radius 2 is 1.70 bits per heavy atom. The molecular weight excluding hydrogens is 271 g/mol. The molecule has 0 radical (unpaired) electrons. The van der Waals surface area contributed by atoms with Crippen molar-refractivity contribution in [3.8, 4) is 0 Å². The van der Waals surface area contributed by atoms with Gasteiger partial charge in [0.05, 0.1) is 5.56 Å². The van der Waals surface area contributed by atoms with Gasteiger partial charge in [0.15, 0.2) is 0 Å². The van der Waals surface area contributed by atoms with Crippen LogP contribution in [0.3, 0.4) is 0 Å². The molecule has 0 aliphatic heterocycles. The number of carbonyl (C=O) groups excluding carboxylic acids is 2. The lowest BCUT2D eigenvalue weighted by Gasteiger charge is -2.07. The van der Waals surface area contributed by atoms with Crippen LogP contribution in [0.5, 0.6) is 0 Å². The molecule has 6 heteroatoms. The number of imide groups is 1. The Morgan fingerprint density at radius 3 is 2.20 bits per heavy atom. The molecule has 1 aromatic carbocycles. The van der Waals surface area contributed by atoms with E-state index in [9.17, 15) is 22.8 Å². The van der Waals surface area contributed by atoms with Gasteiger partial charge in [-0.1, -0.05) is 19.8 Å². The standard InChI is InChI=1S/C14H16F3NO2/c1-2-3-4-5-12(19)18-13(20)10-6-8-11(9-7-10)14(15,16)17/h6-9H,2-5H2,1H3,(H,18,19,20). The van der Waals surface area contributed by atoms with Gasteiger partial charge in [-0.05, 0) is 30.7 Å². The van der Waals surface area contributed by atoms with E-state index in [0.717, 1.165) is 37.1 Å². The molecule has 0 spiro atoms. The number of carbonyl (C=O) groups is 2. The Bertz CT molecular complexity index is 466. The molecule has 0 heterocycles. The maximum absolute atomic E-state index is 12.3. The third-order valence-electron chi connectivity index (χ3n) is 2.73. The number of unbranched alkanes of at least 4 members (excludes halogenated alkanes) is 2. The van der Waals surface area contributed by atoms with E-state index in [-0.39, 0.29) is 12.0 Å². The molecule has 0 bridgehead atoms. The van der Waals surface area contributed by atoms with Gasteiger partial charge in [-0.2, -0.15) is 13.2 Å². The van der Waals surface area contributed by atoms with Crippen LogP contribution in [0, 0.1) is 0 Å². The highest BCUT2D eigenvalue weighted by Gasteiger charge is 2.30. The van der Waals surface area contributed by atoms with Gasteiger partial charge >= 0.3 is 6.18 Å². The van der Waals surface area contributed by atoms with Crippen molar-refractivity contribution in [1.82, 2.24) is 5.32 Å². The second-order valence-electron chi connectivity index (χ2n) is 4.41.